The Kier molecular flexibility index (Phi) is 4.79. The van der Waals surface area contributed by atoms with Crippen LogP contribution in [0, 0.1) is 5.82 Å². The number of tetrazole rings is 1. The molecule has 25 heavy (non-hydrogen) atoms. The normalized spacial score (nSPS) is 11.5. The molecule has 2 aromatic carbocycles. The predicted molar refractivity (Wildman–Crippen MR) is 92.8 cm³/mol. The zero-order valence-electron chi connectivity index (χ0n) is 14.6. The Balaban J connectivity index is 1.63. The molecule has 0 radical (unpaired) electrons. The summed E-state index contributed by atoms with van der Waals surface area (Å²) in [6.07, 6.45) is 0. The summed E-state index contributed by atoms with van der Waals surface area (Å²) < 4.78 is 20.4. The molecule has 0 atom stereocenters. The summed E-state index contributed by atoms with van der Waals surface area (Å²) in [7, 11) is 0. The number of nitrogens with zero attached hydrogens (tertiary/aromatic N) is 4. The molecular formula is C19H21FN4O. The Labute approximate surface area is 146 Å². The van der Waals surface area contributed by atoms with Gasteiger partial charge >= 0.3 is 0 Å². The minimum absolute atomic E-state index is 0.109. The second-order valence-corrected chi connectivity index (χ2v) is 6.97. The van der Waals surface area contributed by atoms with Gasteiger partial charge in [0.05, 0.1) is 6.54 Å². The lowest BCUT2D eigenvalue weighted by molar-refractivity contribution is 0.306. The van der Waals surface area contributed by atoms with Crippen molar-refractivity contribution in [3.8, 4) is 5.75 Å². The molecule has 130 valence electrons. The molecule has 3 rings (SSSR count). The van der Waals surface area contributed by atoms with Gasteiger partial charge < -0.3 is 4.74 Å². The molecule has 0 saturated carbocycles. The first-order valence-corrected chi connectivity index (χ1v) is 8.15. The van der Waals surface area contributed by atoms with E-state index in [0.29, 0.717) is 13.2 Å². The summed E-state index contributed by atoms with van der Waals surface area (Å²) in [5, 5.41) is 12.0. The highest BCUT2D eigenvalue weighted by molar-refractivity contribution is 5.28. The number of aromatic nitrogens is 4. The first kappa shape index (κ1) is 17.1. The fraction of sp³-hybridized carbons (Fsp3) is 0.316. The molecule has 0 bridgehead atoms. The van der Waals surface area contributed by atoms with Crippen LogP contribution in [0.3, 0.4) is 0 Å². The highest BCUT2D eigenvalue weighted by atomic mass is 19.1. The lowest BCUT2D eigenvalue weighted by atomic mass is 9.96. The van der Waals surface area contributed by atoms with Gasteiger partial charge in [0.15, 0.2) is 5.82 Å². The maximum atomic E-state index is 12.9. The molecule has 5 nitrogen and oxygen atoms in total. The second kappa shape index (κ2) is 7.01. The zero-order valence-corrected chi connectivity index (χ0v) is 14.6. The largest absolute Gasteiger partial charge is 0.489 e. The first-order valence-electron chi connectivity index (χ1n) is 8.15. The van der Waals surface area contributed by atoms with Crippen LogP contribution in [0.25, 0.3) is 0 Å². The van der Waals surface area contributed by atoms with Gasteiger partial charge in [0.1, 0.15) is 18.2 Å². The van der Waals surface area contributed by atoms with Crippen LogP contribution in [0.2, 0.25) is 0 Å². The van der Waals surface area contributed by atoms with Gasteiger partial charge in [-0.1, -0.05) is 45.0 Å². The highest BCUT2D eigenvalue weighted by Crippen LogP contribution is 2.20. The van der Waals surface area contributed by atoms with E-state index in [4.69, 9.17) is 4.74 Å². The Morgan fingerprint density at radius 2 is 1.60 bits per heavy atom. The van der Waals surface area contributed by atoms with Gasteiger partial charge in [0.25, 0.3) is 0 Å². The quantitative estimate of drug-likeness (QED) is 0.710. The van der Waals surface area contributed by atoms with Crippen LogP contribution < -0.4 is 4.74 Å². The topological polar surface area (TPSA) is 52.8 Å². The van der Waals surface area contributed by atoms with Gasteiger partial charge in [-0.15, -0.1) is 5.10 Å². The lowest BCUT2D eigenvalue weighted by Gasteiger charge is -2.17. The molecular weight excluding hydrogens is 319 g/mol. The molecule has 0 aliphatic carbocycles. The maximum Gasteiger partial charge on any atom is 0.156 e. The smallest absolute Gasteiger partial charge is 0.156 e. The Bertz CT molecular complexity index is 820. The minimum Gasteiger partial charge on any atom is -0.489 e. The van der Waals surface area contributed by atoms with E-state index in [0.717, 1.165) is 22.7 Å². The number of ether oxygens (including phenoxy) is 1. The Morgan fingerprint density at radius 3 is 2.24 bits per heavy atom. The standard InChI is InChI=1S/C19H21FN4O/c1-19(2,3)18-21-22-23-24(18)12-14-6-10-17(11-7-14)25-13-15-4-8-16(20)9-5-15/h4-11H,12-13H2,1-3H3. The van der Waals surface area contributed by atoms with E-state index in [1.165, 1.54) is 12.1 Å². The van der Waals surface area contributed by atoms with Crippen molar-refractivity contribution in [3.05, 3.63) is 71.3 Å². The van der Waals surface area contributed by atoms with Crippen LogP contribution in [0.15, 0.2) is 48.5 Å². The average molecular weight is 340 g/mol. The van der Waals surface area contributed by atoms with Gasteiger partial charge in [-0.25, -0.2) is 9.07 Å². The molecule has 0 spiro atoms. The van der Waals surface area contributed by atoms with E-state index in [9.17, 15) is 4.39 Å². The van der Waals surface area contributed by atoms with Gasteiger partial charge in [0, 0.05) is 5.41 Å². The summed E-state index contributed by atoms with van der Waals surface area (Å²) in [5.41, 5.74) is 1.91. The fourth-order valence-corrected chi connectivity index (χ4v) is 2.46. The summed E-state index contributed by atoms with van der Waals surface area (Å²) in [6.45, 7) is 7.27. The lowest BCUT2D eigenvalue weighted by Crippen LogP contribution is -2.20. The predicted octanol–water partition coefficient (Wildman–Crippen LogP) is 3.74. The van der Waals surface area contributed by atoms with E-state index < -0.39 is 0 Å². The summed E-state index contributed by atoms with van der Waals surface area (Å²) in [4.78, 5) is 0. The van der Waals surface area contributed by atoms with Crippen LogP contribution in [0.4, 0.5) is 4.39 Å². The fourth-order valence-electron chi connectivity index (χ4n) is 2.46. The molecule has 0 saturated heterocycles. The molecule has 0 N–H and O–H groups in total. The van der Waals surface area contributed by atoms with Crippen molar-refractivity contribution < 1.29 is 9.13 Å². The van der Waals surface area contributed by atoms with Crippen molar-refractivity contribution in [1.29, 1.82) is 0 Å². The van der Waals surface area contributed by atoms with Crippen LogP contribution >= 0.6 is 0 Å². The molecule has 6 heteroatoms. The zero-order chi connectivity index (χ0) is 17.9. The summed E-state index contributed by atoms with van der Waals surface area (Å²) in [6, 6.07) is 14.1. The van der Waals surface area contributed by atoms with Crippen LogP contribution in [0.1, 0.15) is 37.7 Å². The van der Waals surface area contributed by atoms with Crippen LogP contribution in [-0.2, 0) is 18.6 Å². The van der Waals surface area contributed by atoms with Crippen LogP contribution in [-0.4, -0.2) is 20.2 Å². The molecule has 0 unspecified atom stereocenters. The molecule has 3 aromatic rings. The number of rotatable bonds is 5. The molecule has 0 aliphatic rings. The monoisotopic (exact) mass is 340 g/mol. The van der Waals surface area contributed by atoms with E-state index >= 15 is 0 Å². The summed E-state index contributed by atoms with van der Waals surface area (Å²) in [5.74, 6) is 1.37. The molecule has 1 heterocycles. The highest BCUT2D eigenvalue weighted by Gasteiger charge is 2.21. The van der Waals surface area contributed by atoms with Crippen molar-refractivity contribution >= 4 is 0 Å². The third kappa shape index (κ3) is 4.41. The average Bonchev–Trinajstić information content (AvgIpc) is 3.04. The van der Waals surface area contributed by atoms with E-state index in [1.807, 2.05) is 28.9 Å². The van der Waals surface area contributed by atoms with Crippen molar-refractivity contribution in [2.45, 2.75) is 39.3 Å². The second-order valence-electron chi connectivity index (χ2n) is 6.97. The maximum absolute atomic E-state index is 12.9. The SMILES string of the molecule is CC(C)(C)c1nnnn1Cc1ccc(OCc2ccc(F)cc2)cc1. The van der Waals surface area contributed by atoms with Gasteiger partial charge in [0.2, 0.25) is 0 Å². The Hall–Kier alpha value is -2.76. The molecule has 1 aromatic heterocycles. The molecule has 0 fully saturated rings. The van der Waals surface area contributed by atoms with Gasteiger partial charge in [-0.05, 0) is 45.8 Å². The summed E-state index contributed by atoms with van der Waals surface area (Å²) >= 11 is 0. The van der Waals surface area contributed by atoms with Crippen molar-refractivity contribution in [2.24, 2.45) is 0 Å². The third-order valence-corrected chi connectivity index (χ3v) is 3.78. The number of hydrogen-bond donors (Lipinski definition) is 0. The number of halogens is 1. The molecule has 0 amide bonds. The van der Waals surface area contributed by atoms with Crippen molar-refractivity contribution in [2.75, 3.05) is 0 Å². The minimum atomic E-state index is -0.245. The number of benzene rings is 2. The van der Waals surface area contributed by atoms with Crippen molar-refractivity contribution in [1.82, 2.24) is 20.2 Å². The van der Waals surface area contributed by atoms with Crippen molar-refractivity contribution in [3.63, 3.8) is 0 Å². The third-order valence-electron chi connectivity index (χ3n) is 3.78. The van der Waals surface area contributed by atoms with E-state index in [2.05, 4.69) is 36.3 Å². The van der Waals surface area contributed by atoms with E-state index in [-0.39, 0.29) is 11.2 Å². The number of hydrogen-bond acceptors (Lipinski definition) is 4. The first-order chi connectivity index (χ1) is 11.9. The van der Waals surface area contributed by atoms with E-state index in [1.54, 1.807) is 12.1 Å². The van der Waals surface area contributed by atoms with Gasteiger partial charge in [-0.2, -0.15) is 0 Å². The van der Waals surface area contributed by atoms with Gasteiger partial charge in [-0.3, -0.25) is 0 Å². The Morgan fingerprint density at radius 1 is 0.960 bits per heavy atom. The van der Waals surface area contributed by atoms with Crippen LogP contribution in [0.5, 0.6) is 5.75 Å². The molecule has 0 aliphatic heterocycles.